The second kappa shape index (κ2) is 6.42. The summed E-state index contributed by atoms with van der Waals surface area (Å²) >= 11 is 0. The predicted octanol–water partition coefficient (Wildman–Crippen LogP) is 0.938. The van der Waals surface area contributed by atoms with Crippen LogP contribution in [-0.4, -0.2) is 68.3 Å². The molecule has 1 saturated heterocycles. The summed E-state index contributed by atoms with van der Waals surface area (Å²) in [5.74, 6) is 0. The summed E-state index contributed by atoms with van der Waals surface area (Å²) in [6, 6.07) is 0.0256. The highest BCUT2D eigenvalue weighted by atomic mass is 16.5. The Bertz CT molecular complexity index is 236. The maximum atomic E-state index is 10.2. The van der Waals surface area contributed by atoms with E-state index in [0.717, 1.165) is 32.4 Å². The Morgan fingerprint density at radius 3 is 2.59 bits per heavy atom. The number of likely N-dealkylation sites (N-methyl/N-ethyl adjacent to an activating group) is 1. The van der Waals surface area contributed by atoms with E-state index in [1.807, 2.05) is 0 Å². The maximum Gasteiger partial charge on any atom is 0.0969 e. The SMILES string of the molecule is CN1CCN(CCCOC2CC(N=O)C2)CC1. The summed E-state index contributed by atoms with van der Waals surface area (Å²) in [7, 11) is 2.18. The lowest BCUT2D eigenvalue weighted by Gasteiger charge is -2.33. The van der Waals surface area contributed by atoms with Crippen LogP contribution in [0.2, 0.25) is 0 Å². The van der Waals surface area contributed by atoms with Crippen molar-refractivity contribution in [1.82, 2.24) is 9.80 Å². The highest BCUT2D eigenvalue weighted by molar-refractivity contribution is 4.85. The molecule has 5 heteroatoms. The van der Waals surface area contributed by atoms with Gasteiger partial charge in [-0.05, 0) is 26.3 Å². The average Bonchev–Trinajstić information content (AvgIpc) is 2.29. The summed E-state index contributed by atoms with van der Waals surface area (Å²) in [5.41, 5.74) is 0. The van der Waals surface area contributed by atoms with Crippen molar-refractivity contribution in [3.05, 3.63) is 4.91 Å². The minimum Gasteiger partial charge on any atom is -0.378 e. The second-order valence-corrected chi connectivity index (χ2v) is 5.22. The Morgan fingerprint density at radius 1 is 1.24 bits per heavy atom. The first-order valence-corrected chi connectivity index (χ1v) is 6.63. The van der Waals surface area contributed by atoms with E-state index in [1.165, 1.54) is 26.2 Å². The van der Waals surface area contributed by atoms with Gasteiger partial charge >= 0.3 is 0 Å². The Morgan fingerprint density at radius 2 is 1.94 bits per heavy atom. The van der Waals surface area contributed by atoms with Crippen LogP contribution in [0.15, 0.2) is 5.18 Å². The van der Waals surface area contributed by atoms with E-state index < -0.39 is 0 Å². The lowest BCUT2D eigenvalue weighted by Crippen LogP contribution is -2.45. The van der Waals surface area contributed by atoms with Gasteiger partial charge in [-0.1, -0.05) is 5.18 Å². The number of ether oxygens (including phenoxy) is 1. The van der Waals surface area contributed by atoms with Crippen molar-refractivity contribution in [2.45, 2.75) is 31.4 Å². The molecule has 0 radical (unpaired) electrons. The first-order chi connectivity index (χ1) is 8.28. The van der Waals surface area contributed by atoms with E-state index in [9.17, 15) is 4.91 Å². The zero-order chi connectivity index (χ0) is 12.1. The molecule has 0 atom stereocenters. The molecule has 0 unspecified atom stereocenters. The Hall–Kier alpha value is -0.520. The summed E-state index contributed by atoms with van der Waals surface area (Å²) in [6.45, 7) is 6.67. The van der Waals surface area contributed by atoms with Crippen molar-refractivity contribution in [3.63, 3.8) is 0 Å². The first-order valence-electron chi connectivity index (χ1n) is 6.63. The molecule has 0 aromatic heterocycles. The van der Waals surface area contributed by atoms with Crippen LogP contribution in [0.5, 0.6) is 0 Å². The third kappa shape index (κ3) is 4.01. The quantitative estimate of drug-likeness (QED) is 0.513. The minimum atomic E-state index is 0.0256. The Balaban J connectivity index is 1.45. The van der Waals surface area contributed by atoms with Gasteiger partial charge in [0.2, 0.25) is 0 Å². The van der Waals surface area contributed by atoms with E-state index in [2.05, 4.69) is 22.0 Å². The largest absolute Gasteiger partial charge is 0.378 e. The van der Waals surface area contributed by atoms with Crippen LogP contribution in [0.4, 0.5) is 0 Å². The number of nitroso groups, excluding NO2 is 1. The summed E-state index contributed by atoms with van der Waals surface area (Å²) in [5, 5.41) is 3.01. The molecule has 1 aliphatic carbocycles. The fraction of sp³-hybridized carbons (Fsp3) is 1.00. The van der Waals surface area contributed by atoms with Crippen molar-refractivity contribution < 1.29 is 4.74 Å². The van der Waals surface area contributed by atoms with Gasteiger partial charge in [-0.25, -0.2) is 0 Å². The zero-order valence-corrected chi connectivity index (χ0v) is 10.7. The van der Waals surface area contributed by atoms with Gasteiger partial charge in [0.05, 0.1) is 12.1 Å². The average molecular weight is 241 g/mol. The molecule has 2 rings (SSSR count). The maximum absolute atomic E-state index is 10.2. The van der Waals surface area contributed by atoms with Crippen molar-refractivity contribution in [3.8, 4) is 0 Å². The minimum absolute atomic E-state index is 0.0256. The smallest absolute Gasteiger partial charge is 0.0969 e. The topological polar surface area (TPSA) is 45.1 Å². The van der Waals surface area contributed by atoms with Gasteiger partial charge in [0.15, 0.2) is 0 Å². The summed E-state index contributed by atoms with van der Waals surface area (Å²) in [6.07, 6.45) is 3.06. The molecular formula is C12H23N3O2. The Labute approximate surface area is 103 Å². The molecule has 0 aromatic carbocycles. The van der Waals surface area contributed by atoms with Crippen molar-refractivity contribution in [1.29, 1.82) is 0 Å². The fourth-order valence-corrected chi connectivity index (χ4v) is 2.37. The number of nitrogens with zero attached hydrogens (tertiary/aromatic N) is 3. The molecule has 5 nitrogen and oxygen atoms in total. The van der Waals surface area contributed by atoms with Crippen molar-refractivity contribution in [2.24, 2.45) is 5.18 Å². The van der Waals surface area contributed by atoms with Crippen LogP contribution < -0.4 is 0 Å². The first kappa shape index (κ1) is 12.9. The predicted molar refractivity (Wildman–Crippen MR) is 67.1 cm³/mol. The molecule has 0 bridgehead atoms. The van der Waals surface area contributed by atoms with E-state index in [0.29, 0.717) is 6.10 Å². The van der Waals surface area contributed by atoms with Gasteiger partial charge in [-0.2, -0.15) is 4.91 Å². The van der Waals surface area contributed by atoms with E-state index in [-0.39, 0.29) is 6.04 Å². The lowest BCUT2D eigenvalue weighted by molar-refractivity contribution is -0.0124. The molecule has 0 spiro atoms. The highest BCUT2D eigenvalue weighted by Gasteiger charge is 2.30. The van der Waals surface area contributed by atoms with Crippen LogP contribution in [-0.2, 0) is 4.74 Å². The summed E-state index contributed by atoms with van der Waals surface area (Å²) < 4.78 is 5.69. The standard InChI is InChI=1S/C12H23N3O2/c1-14-4-6-15(7-5-14)3-2-8-17-12-9-11(10-12)13-16/h11-12H,2-10H2,1H3. The van der Waals surface area contributed by atoms with Crippen LogP contribution in [0.25, 0.3) is 0 Å². The number of piperazine rings is 1. The van der Waals surface area contributed by atoms with Gasteiger partial charge in [0, 0.05) is 39.3 Å². The van der Waals surface area contributed by atoms with Crippen LogP contribution in [0.1, 0.15) is 19.3 Å². The van der Waals surface area contributed by atoms with E-state index >= 15 is 0 Å². The van der Waals surface area contributed by atoms with E-state index in [1.54, 1.807) is 0 Å². The number of rotatable bonds is 6. The van der Waals surface area contributed by atoms with Gasteiger partial charge in [0.25, 0.3) is 0 Å². The van der Waals surface area contributed by atoms with Crippen molar-refractivity contribution in [2.75, 3.05) is 46.4 Å². The van der Waals surface area contributed by atoms with E-state index in [4.69, 9.17) is 4.74 Å². The van der Waals surface area contributed by atoms with Gasteiger partial charge < -0.3 is 14.5 Å². The second-order valence-electron chi connectivity index (χ2n) is 5.22. The molecule has 1 aliphatic heterocycles. The van der Waals surface area contributed by atoms with Gasteiger partial charge in [0.1, 0.15) is 0 Å². The lowest BCUT2D eigenvalue weighted by atomic mass is 9.90. The normalized spacial score (nSPS) is 31.1. The molecule has 0 aromatic rings. The zero-order valence-electron chi connectivity index (χ0n) is 10.7. The molecule has 0 amide bonds. The molecule has 2 aliphatic rings. The van der Waals surface area contributed by atoms with Crippen molar-refractivity contribution >= 4 is 0 Å². The third-order valence-electron chi connectivity index (χ3n) is 3.79. The summed E-state index contributed by atoms with van der Waals surface area (Å²) in [4.78, 5) is 15.0. The number of hydrogen-bond acceptors (Lipinski definition) is 5. The van der Waals surface area contributed by atoms with Gasteiger partial charge in [-0.15, -0.1) is 0 Å². The van der Waals surface area contributed by atoms with Crippen LogP contribution >= 0.6 is 0 Å². The monoisotopic (exact) mass is 241 g/mol. The van der Waals surface area contributed by atoms with Crippen LogP contribution in [0, 0.1) is 4.91 Å². The molecule has 2 fully saturated rings. The number of hydrogen-bond donors (Lipinski definition) is 0. The molecule has 1 heterocycles. The third-order valence-corrected chi connectivity index (χ3v) is 3.79. The molecular weight excluding hydrogens is 218 g/mol. The van der Waals surface area contributed by atoms with Gasteiger partial charge in [-0.3, -0.25) is 0 Å². The Kier molecular flexibility index (Phi) is 4.88. The molecule has 1 saturated carbocycles. The molecule has 0 N–H and O–H groups in total. The molecule has 17 heavy (non-hydrogen) atoms. The van der Waals surface area contributed by atoms with Crippen LogP contribution in [0.3, 0.4) is 0 Å². The molecule has 98 valence electrons. The fourth-order valence-electron chi connectivity index (χ4n) is 2.37. The highest BCUT2D eigenvalue weighted by Crippen LogP contribution is 2.25.